The number of anilines is 2. The number of aromatic nitrogens is 2. The minimum atomic E-state index is -0.0396. The van der Waals surface area contributed by atoms with Gasteiger partial charge in [-0.15, -0.1) is 0 Å². The van der Waals surface area contributed by atoms with Crippen molar-refractivity contribution in [2.45, 2.75) is 26.7 Å². The van der Waals surface area contributed by atoms with Crippen molar-refractivity contribution in [2.75, 3.05) is 37.4 Å². The fraction of sp³-hybridized carbons (Fsp3) is 0.615. The fourth-order valence-electron chi connectivity index (χ4n) is 1.56. The van der Waals surface area contributed by atoms with Crippen LogP contribution in [0.4, 0.5) is 11.6 Å². The van der Waals surface area contributed by atoms with E-state index in [1.165, 1.54) is 0 Å². The maximum Gasteiger partial charge on any atom is 0.239 e. The van der Waals surface area contributed by atoms with Crippen LogP contribution in [0.25, 0.3) is 0 Å². The molecule has 0 spiro atoms. The van der Waals surface area contributed by atoms with Gasteiger partial charge in [-0.05, 0) is 6.42 Å². The summed E-state index contributed by atoms with van der Waals surface area (Å²) in [6.07, 6.45) is 1.80. The molecule has 0 aliphatic heterocycles. The summed E-state index contributed by atoms with van der Waals surface area (Å²) in [5.41, 5.74) is 0. The van der Waals surface area contributed by atoms with Gasteiger partial charge in [0.1, 0.15) is 17.5 Å². The molecule has 0 saturated carbocycles. The normalized spacial score (nSPS) is 10.1. The van der Waals surface area contributed by atoms with Crippen molar-refractivity contribution in [1.29, 1.82) is 0 Å². The molecule has 106 valence electrons. The number of carbonyl (C=O) groups is 1. The molecular weight excluding hydrogens is 242 g/mol. The van der Waals surface area contributed by atoms with E-state index in [9.17, 15) is 4.79 Å². The van der Waals surface area contributed by atoms with Gasteiger partial charge < -0.3 is 15.5 Å². The van der Waals surface area contributed by atoms with E-state index in [0.717, 1.165) is 36.8 Å². The number of nitrogens with zero attached hydrogens (tertiary/aromatic N) is 3. The lowest BCUT2D eigenvalue weighted by atomic mass is 10.4. The summed E-state index contributed by atoms with van der Waals surface area (Å²) in [5.74, 6) is 2.31. The summed E-state index contributed by atoms with van der Waals surface area (Å²) < 4.78 is 0. The molecule has 1 aromatic rings. The quantitative estimate of drug-likeness (QED) is 0.771. The molecule has 1 amide bonds. The summed E-state index contributed by atoms with van der Waals surface area (Å²) >= 11 is 0. The molecule has 0 atom stereocenters. The molecule has 6 nitrogen and oxygen atoms in total. The van der Waals surface area contributed by atoms with Crippen LogP contribution >= 0.6 is 0 Å². The summed E-state index contributed by atoms with van der Waals surface area (Å²) in [4.78, 5) is 22.1. The van der Waals surface area contributed by atoms with Gasteiger partial charge in [-0.2, -0.15) is 0 Å². The van der Waals surface area contributed by atoms with Crippen LogP contribution in [0.3, 0.4) is 0 Å². The highest BCUT2D eigenvalue weighted by Crippen LogP contribution is 2.15. The highest BCUT2D eigenvalue weighted by Gasteiger charge is 2.10. The van der Waals surface area contributed by atoms with Gasteiger partial charge in [0.2, 0.25) is 5.91 Å². The number of hydrogen-bond acceptors (Lipinski definition) is 5. The molecule has 19 heavy (non-hydrogen) atoms. The molecule has 0 aromatic carbocycles. The Bertz CT molecular complexity index is 421. The lowest BCUT2D eigenvalue weighted by molar-refractivity contribution is -0.119. The summed E-state index contributed by atoms with van der Waals surface area (Å²) in [7, 11) is 3.47. The van der Waals surface area contributed by atoms with Gasteiger partial charge >= 0.3 is 0 Å². The third-order valence-corrected chi connectivity index (χ3v) is 2.68. The largest absolute Gasteiger partial charge is 0.370 e. The molecular formula is C13H23N5O. The first kappa shape index (κ1) is 15.2. The standard InChI is InChI=1S/C13H23N5O/c1-5-7-15-11-8-12(17-10(6-2)16-11)18(4)9-13(19)14-3/h8H,5-7,9H2,1-4H3,(H,14,19)(H,15,16,17). The van der Waals surface area contributed by atoms with Gasteiger partial charge in [0.25, 0.3) is 0 Å². The van der Waals surface area contributed by atoms with E-state index >= 15 is 0 Å². The molecule has 1 heterocycles. The number of nitrogens with one attached hydrogen (secondary N) is 2. The minimum absolute atomic E-state index is 0.0396. The number of rotatable bonds is 7. The summed E-state index contributed by atoms with van der Waals surface area (Å²) in [5, 5.41) is 5.86. The summed E-state index contributed by atoms with van der Waals surface area (Å²) in [6.45, 7) is 5.28. The lowest BCUT2D eigenvalue weighted by Gasteiger charge is -2.18. The second-order valence-corrected chi connectivity index (χ2v) is 4.34. The molecule has 0 aliphatic carbocycles. The van der Waals surface area contributed by atoms with E-state index in [1.807, 2.05) is 24.9 Å². The van der Waals surface area contributed by atoms with Crippen LogP contribution in [0, 0.1) is 0 Å². The van der Waals surface area contributed by atoms with Crippen LogP contribution in [-0.2, 0) is 11.2 Å². The maximum absolute atomic E-state index is 11.4. The minimum Gasteiger partial charge on any atom is -0.370 e. The lowest BCUT2D eigenvalue weighted by Crippen LogP contribution is -2.33. The number of aryl methyl sites for hydroxylation is 1. The molecule has 0 unspecified atom stereocenters. The average Bonchev–Trinajstić information content (AvgIpc) is 2.44. The van der Waals surface area contributed by atoms with E-state index in [4.69, 9.17) is 0 Å². The predicted octanol–water partition coefficient (Wildman–Crippen LogP) is 1.04. The van der Waals surface area contributed by atoms with Crippen LogP contribution in [-0.4, -0.2) is 43.1 Å². The Labute approximate surface area is 114 Å². The number of amides is 1. The Morgan fingerprint density at radius 1 is 1.37 bits per heavy atom. The molecule has 0 saturated heterocycles. The Morgan fingerprint density at radius 3 is 2.68 bits per heavy atom. The van der Waals surface area contributed by atoms with Crippen molar-refractivity contribution >= 4 is 17.5 Å². The van der Waals surface area contributed by atoms with Crippen LogP contribution in [0.1, 0.15) is 26.1 Å². The van der Waals surface area contributed by atoms with E-state index in [1.54, 1.807) is 7.05 Å². The topological polar surface area (TPSA) is 70.2 Å². The SMILES string of the molecule is CCCNc1cc(N(C)CC(=O)NC)nc(CC)n1. The first-order valence-electron chi connectivity index (χ1n) is 6.64. The highest BCUT2D eigenvalue weighted by molar-refractivity contribution is 5.80. The van der Waals surface area contributed by atoms with Crippen molar-refractivity contribution in [2.24, 2.45) is 0 Å². The number of hydrogen-bond donors (Lipinski definition) is 2. The number of carbonyl (C=O) groups excluding carboxylic acids is 1. The van der Waals surface area contributed by atoms with Crippen molar-refractivity contribution < 1.29 is 4.79 Å². The Balaban J connectivity index is 2.88. The van der Waals surface area contributed by atoms with Gasteiger partial charge in [0, 0.05) is 33.1 Å². The Kier molecular flexibility index (Phi) is 6.05. The molecule has 1 rings (SSSR count). The van der Waals surface area contributed by atoms with E-state index < -0.39 is 0 Å². The molecule has 0 radical (unpaired) electrons. The second-order valence-electron chi connectivity index (χ2n) is 4.34. The van der Waals surface area contributed by atoms with Gasteiger partial charge in [-0.1, -0.05) is 13.8 Å². The number of likely N-dealkylation sites (N-methyl/N-ethyl adjacent to an activating group) is 2. The molecule has 1 aromatic heterocycles. The van der Waals surface area contributed by atoms with Crippen molar-refractivity contribution in [3.8, 4) is 0 Å². The van der Waals surface area contributed by atoms with Crippen molar-refractivity contribution in [3.63, 3.8) is 0 Å². The zero-order chi connectivity index (χ0) is 14.3. The second kappa shape index (κ2) is 7.56. The van der Waals surface area contributed by atoms with Gasteiger partial charge in [0.15, 0.2) is 0 Å². The van der Waals surface area contributed by atoms with E-state index in [0.29, 0.717) is 0 Å². The third-order valence-electron chi connectivity index (χ3n) is 2.68. The smallest absolute Gasteiger partial charge is 0.239 e. The zero-order valence-corrected chi connectivity index (χ0v) is 12.2. The van der Waals surface area contributed by atoms with Gasteiger partial charge in [0.05, 0.1) is 6.54 Å². The van der Waals surface area contributed by atoms with Crippen molar-refractivity contribution in [3.05, 3.63) is 11.9 Å². The maximum atomic E-state index is 11.4. The molecule has 0 fully saturated rings. The Morgan fingerprint density at radius 2 is 2.11 bits per heavy atom. The van der Waals surface area contributed by atoms with Crippen LogP contribution < -0.4 is 15.5 Å². The van der Waals surface area contributed by atoms with E-state index in [-0.39, 0.29) is 12.5 Å². The molecule has 0 aliphatic rings. The van der Waals surface area contributed by atoms with Crippen LogP contribution in [0.5, 0.6) is 0 Å². The predicted molar refractivity (Wildman–Crippen MR) is 77.5 cm³/mol. The zero-order valence-electron chi connectivity index (χ0n) is 12.2. The molecule has 0 bridgehead atoms. The molecule has 2 N–H and O–H groups in total. The monoisotopic (exact) mass is 265 g/mol. The fourth-order valence-corrected chi connectivity index (χ4v) is 1.56. The highest BCUT2D eigenvalue weighted by atomic mass is 16.1. The van der Waals surface area contributed by atoms with Crippen molar-refractivity contribution in [1.82, 2.24) is 15.3 Å². The van der Waals surface area contributed by atoms with Gasteiger partial charge in [-0.25, -0.2) is 9.97 Å². The van der Waals surface area contributed by atoms with E-state index in [2.05, 4.69) is 27.5 Å². The van der Waals surface area contributed by atoms with Crippen LogP contribution in [0.2, 0.25) is 0 Å². The van der Waals surface area contributed by atoms with Gasteiger partial charge in [-0.3, -0.25) is 4.79 Å². The molecule has 6 heteroatoms. The van der Waals surface area contributed by atoms with Crippen LogP contribution in [0.15, 0.2) is 6.07 Å². The first-order valence-corrected chi connectivity index (χ1v) is 6.64. The Hall–Kier alpha value is -1.85. The average molecular weight is 265 g/mol. The first-order chi connectivity index (χ1) is 9.10. The third kappa shape index (κ3) is 4.73. The summed E-state index contributed by atoms with van der Waals surface area (Å²) in [6, 6.07) is 1.87.